The van der Waals surface area contributed by atoms with Crippen LogP contribution in [0, 0.1) is 0 Å². The maximum absolute atomic E-state index is 13.1. The van der Waals surface area contributed by atoms with Gasteiger partial charge in [-0.15, -0.1) is 0 Å². The Balaban J connectivity index is 1.54. The molecule has 3 fully saturated rings. The Kier molecular flexibility index (Phi) is 27.7. The van der Waals surface area contributed by atoms with Crippen LogP contribution in [-0.2, 0) is 33.2 Å². The smallest absolute Gasteiger partial charge is 0.220 e. The second kappa shape index (κ2) is 31.3. The molecule has 3 rings (SSSR count). The van der Waals surface area contributed by atoms with Gasteiger partial charge >= 0.3 is 0 Å². The number of aliphatic hydroxyl groups excluding tert-OH is 11. The van der Waals surface area contributed by atoms with E-state index in [-0.39, 0.29) is 18.9 Å². The van der Waals surface area contributed by atoms with Gasteiger partial charge in [0.1, 0.15) is 73.2 Å². The van der Waals surface area contributed by atoms with Crippen LogP contribution >= 0.6 is 0 Å². The van der Waals surface area contributed by atoms with Crippen molar-refractivity contribution in [2.24, 2.45) is 0 Å². The third-order valence-corrected chi connectivity index (χ3v) is 12.0. The summed E-state index contributed by atoms with van der Waals surface area (Å²) in [5.74, 6) is -0.268. The first-order valence-corrected chi connectivity index (χ1v) is 23.6. The summed E-state index contributed by atoms with van der Waals surface area (Å²) >= 11 is 0. The van der Waals surface area contributed by atoms with Gasteiger partial charge in [0.05, 0.1) is 38.6 Å². The predicted octanol–water partition coefficient (Wildman–Crippen LogP) is 0.0809. The number of carbonyl (C=O) groups excluding carboxylic acids is 1. The van der Waals surface area contributed by atoms with E-state index in [1.54, 1.807) is 0 Å². The highest BCUT2D eigenvalue weighted by atomic mass is 16.8. The normalized spacial score (nSPS) is 34.7. The highest BCUT2D eigenvalue weighted by molar-refractivity contribution is 5.76. The molecule has 0 radical (unpaired) electrons. The van der Waals surface area contributed by atoms with Crippen molar-refractivity contribution in [3.05, 3.63) is 24.3 Å². The quantitative estimate of drug-likeness (QED) is 0.0324. The van der Waals surface area contributed by atoms with Gasteiger partial charge in [0, 0.05) is 6.42 Å². The van der Waals surface area contributed by atoms with Crippen LogP contribution in [0.4, 0.5) is 0 Å². The summed E-state index contributed by atoms with van der Waals surface area (Å²) in [6, 6.07) is -0.887. The lowest BCUT2D eigenvalue weighted by Gasteiger charge is -2.48. The molecule has 0 spiro atoms. The summed E-state index contributed by atoms with van der Waals surface area (Å²) in [4.78, 5) is 13.1. The van der Waals surface area contributed by atoms with Crippen molar-refractivity contribution in [1.29, 1.82) is 0 Å². The Morgan fingerprint density at radius 2 is 1.05 bits per heavy atom. The van der Waals surface area contributed by atoms with Crippen LogP contribution < -0.4 is 5.32 Å². The molecule has 3 aliphatic heterocycles. The number of hydrogen-bond acceptors (Lipinski definition) is 18. The lowest BCUT2D eigenvalue weighted by Crippen LogP contribution is -2.66. The maximum Gasteiger partial charge on any atom is 0.220 e. The van der Waals surface area contributed by atoms with E-state index in [9.17, 15) is 61.0 Å². The number of nitrogens with one attached hydrogen (secondary N) is 1. The molecule has 0 saturated carbocycles. The van der Waals surface area contributed by atoms with E-state index in [1.807, 2.05) is 0 Å². The first kappa shape index (κ1) is 56.6. The Morgan fingerprint density at radius 3 is 1.64 bits per heavy atom. The van der Waals surface area contributed by atoms with Crippen LogP contribution in [0.15, 0.2) is 24.3 Å². The fraction of sp³-hybridized carbons (Fsp3) is 0.889. The molecular formula is C45H81NO18. The number of amides is 1. The second-order valence-corrected chi connectivity index (χ2v) is 17.2. The van der Waals surface area contributed by atoms with Crippen molar-refractivity contribution in [2.75, 3.05) is 26.4 Å². The van der Waals surface area contributed by atoms with Crippen LogP contribution in [0.3, 0.4) is 0 Å². The highest BCUT2D eigenvalue weighted by Crippen LogP contribution is 2.33. The molecule has 3 heterocycles. The van der Waals surface area contributed by atoms with Gasteiger partial charge in [-0.05, 0) is 38.5 Å². The number of aliphatic hydroxyl groups is 11. The molecule has 0 aromatic rings. The van der Waals surface area contributed by atoms with Gasteiger partial charge in [0.2, 0.25) is 5.91 Å². The van der Waals surface area contributed by atoms with E-state index in [0.29, 0.717) is 19.3 Å². The van der Waals surface area contributed by atoms with Crippen LogP contribution in [0.5, 0.6) is 0 Å². The van der Waals surface area contributed by atoms with Crippen LogP contribution in [-0.4, -0.2) is 193 Å². The number of carbonyl (C=O) groups is 1. The summed E-state index contributed by atoms with van der Waals surface area (Å²) in [6.07, 6.45) is -2.08. The van der Waals surface area contributed by atoms with Gasteiger partial charge in [-0.2, -0.15) is 0 Å². The monoisotopic (exact) mass is 924 g/mol. The standard InChI is InChI=1S/C45H81NO18/c1-3-5-7-9-10-11-12-13-14-15-16-17-19-21-23-33(51)46-28(29(50)22-20-18-8-6-4-2)27-59-43-39(57)36(54)41(31(25-48)61-43)64-45-40(58)37(55)42(32(26-49)62-45)63-44-38(56)35(53)34(52)30(24-47)60-44/h9-10,12-13,28-32,34-45,47-50,52-58H,3-8,11,14-27H2,1-2H3,(H,46,51)/b10-9-,13-12-. The molecule has 0 aromatic heterocycles. The molecule has 19 heteroatoms. The topological polar surface area (TPSA) is 307 Å². The van der Waals surface area contributed by atoms with Crippen LogP contribution in [0.2, 0.25) is 0 Å². The average Bonchev–Trinajstić information content (AvgIpc) is 3.29. The minimum absolute atomic E-state index is 0.248. The van der Waals surface area contributed by atoms with E-state index in [0.717, 1.165) is 70.6 Å². The van der Waals surface area contributed by atoms with Crippen LogP contribution in [0.25, 0.3) is 0 Å². The zero-order chi connectivity index (χ0) is 47.0. The van der Waals surface area contributed by atoms with Crippen molar-refractivity contribution in [2.45, 2.75) is 227 Å². The minimum Gasteiger partial charge on any atom is -0.394 e. The maximum atomic E-state index is 13.1. The second-order valence-electron chi connectivity index (χ2n) is 17.2. The molecule has 1 amide bonds. The van der Waals surface area contributed by atoms with Crippen molar-refractivity contribution in [3.63, 3.8) is 0 Å². The van der Waals surface area contributed by atoms with Gasteiger partial charge in [0.25, 0.3) is 0 Å². The molecule has 12 N–H and O–H groups in total. The molecular weight excluding hydrogens is 842 g/mol. The third kappa shape index (κ3) is 18.1. The molecule has 19 nitrogen and oxygen atoms in total. The van der Waals surface area contributed by atoms with Crippen LogP contribution in [0.1, 0.15) is 123 Å². The van der Waals surface area contributed by atoms with E-state index in [2.05, 4.69) is 43.5 Å². The van der Waals surface area contributed by atoms with Gasteiger partial charge in [0.15, 0.2) is 18.9 Å². The predicted molar refractivity (Wildman–Crippen MR) is 231 cm³/mol. The zero-order valence-electron chi connectivity index (χ0n) is 37.8. The Hall–Kier alpha value is -1.73. The molecule has 3 aliphatic rings. The summed E-state index contributed by atoms with van der Waals surface area (Å²) in [7, 11) is 0. The molecule has 17 atom stereocenters. The van der Waals surface area contributed by atoms with Gasteiger partial charge < -0.3 is 89.9 Å². The number of allylic oxidation sites excluding steroid dienone is 4. The number of unbranched alkanes of at least 4 members (excludes halogenated alkanes) is 11. The first-order valence-electron chi connectivity index (χ1n) is 23.6. The first-order chi connectivity index (χ1) is 30.8. The van der Waals surface area contributed by atoms with Crippen molar-refractivity contribution < 1.29 is 89.4 Å². The fourth-order valence-electron chi connectivity index (χ4n) is 7.97. The number of ether oxygens (including phenoxy) is 6. The molecule has 17 unspecified atom stereocenters. The van der Waals surface area contributed by atoms with E-state index >= 15 is 0 Å². The van der Waals surface area contributed by atoms with E-state index in [4.69, 9.17) is 28.4 Å². The molecule has 0 aliphatic carbocycles. The largest absolute Gasteiger partial charge is 0.394 e. The highest BCUT2D eigenvalue weighted by Gasteiger charge is 2.53. The van der Waals surface area contributed by atoms with Crippen molar-refractivity contribution in [3.8, 4) is 0 Å². The molecule has 0 aromatic carbocycles. The van der Waals surface area contributed by atoms with Gasteiger partial charge in [-0.25, -0.2) is 0 Å². The summed E-state index contributed by atoms with van der Waals surface area (Å²) in [5.41, 5.74) is 0. The summed E-state index contributed by atoms with van der Waals surface area (Å²) in [5, 5.41) is 119. The summed E-state index contributed by atoms with van der Waals surface area (Å²) in [6.45, 7) is 1.57. The molecule has 3 saturated heterocycles. The fourth-order valence-corrected chi connectivity index (χ4v) is 7.97. The SMILES string of the molecule is CCCC/C=C\C/C=C\CCCCCCCC(=O)NC(COC1OC(CO)C(OC2OC(CO)C(OC3OC(CO)C(O)C(O)C3O)C(O)C2O)C(O)C1O)C(O)CCCCCCC. The Bertz CT molecular complexity index is 1290. The third-order valence-electron chi connectivity index (χ3n) is 12.0. The lowest BCUT2D eigenvalue weighted by molar-refractivity contribution is -0.379. The Labute approximate surface area is 378 Å². The van der Waals surface area contributed by atoms with E-state index < -0.39 is 124 Å². The number of hydrogen-bond donors (Lipinski definition) is 12. The molecule has 374 valence electrons. The molecule has 64 heavy (non-hydrogen) atoms. The lowest BCUT2D eigenvalue weighted by atomic mass is 9.96. The number of rotatable bonds is 31. The minimum atomic E-state index is -1.97. The van der Waals surface area contributed by atoms with Crippen molar-refractivity contribution in [1.82, 2.24) is 5.32 Å². The van der Waals surface area contributed by atoms with Crippen molar-refractivity contribution >= 4 is 5.91 Å². The van der Waals surface area contributed by atoms with Gasteiger partial charge in [-0.1, -0.05) is 102 Å². The summed E-state index contributed by atoms with van der Waals surface area (Å²) < 4.78 is 33.9. The average molecular weight is 924 g/mol. The molecule has 0 bridgehead atoms. The van der Waals surface area contributed by atoms with E-state index in [1.165, 1.54) is 12.8 Å². The van der Waals surface area contributed by atoms with Gasteiger partial charge in [-0.3, -0.25) is 4.79 Å². The zero-order valence-corrected chi connectivity index (χ0v) is 37.8. The Morgan fingerprint density at radius 1 is 0.562 bits per heavy atom.